The van der Waals surface area contributed by atoms with Gasteiger partial charge in [0.2, 0.25) is 0 Å². The average Bonchev–Trinajstić information content (AvgIpc) is 2.49. The highest BCUT2D eigenvalue weighted by Crippen LogP contribution is 2.36. The van der Waals surface area contributed by atoms with Gasteiger partial charge >= 0.3 is 0 Å². The molecule has 0 radical (unpaired) electrons. The lowest BCUT2D eigenvalue weighted by molar-refractivity contribution is 0.473. The highest BCUT2D eigenvalue weighted by Gasteiger charge is 2.18. The van der Waals surface area contributed by atoms with E-state index in [9.17, 15) is 5.11 Å². The first-order valence-electron chi connectivity index (χ1n) is 7.17. The van der Waals surface area contributed by atoms with E-state index in [1.807, 2.05) is 42.5 Å². The standard InChI is InChI=1S/C11H16BrNO.C8H8/c1-11(2,3)7-5-10(14)9(13-4)6-8(7)12;1-2-8-6-4-3-5-7-8/h5-6,13-14H,1-4H3;2-7H,1H2. The quantitative estimate of drug-likeness (QED) is 0.660. The molecular weight excluding hydrogens is 338 g/mol. The number of benzene rings is 2. The molecule has 2 rings (SSSR count). The van der Waals surface area contributed by atoms with Gasteiger partial charge in [-0.3, -0.25) is 0 Å². The van der Waals surface area contributed by atoms with Crippen LogP contribution in [-0.2, 0) is 5.41 Å². The van der Waals surface area contributed by atoms with Crippen molar-refractivity contribution in [3.05, 3.63) is 64.6 Å². The van der Waals surface area contributed by atoms with Gasteiger partial charge in [-0.2, -0.15) is 0 Å². The van der Waals surface area contributed by atoms with Crippen molar-refractivity contribution in [1.82, 2.24) is 0 Å². The third-order valence-electron chi connectivity index (χ3n) is 3.20. The van der Waals surface area contributed by atoms with Crippen molar-refractivity contribution in [3.8, 4) is 5.75 Å². The normalized spacial score (nSPS) is 10.4. The molecule has 0 unspecified atom stereocenters. The predicted octanol–water partition coefficient (Wildman–Crippen LogP) is 5.82. The minimum Gasteiger partial charge on any atom is -0.506 e. The van der Waals surface area contributed by atoms with Crippen LogP contribution in [0.2, 0.25) is 0 Å². The van der Waals surface area contributed by atoms with Gasteiger partial charge in [-0.15, -0.1) is 0 Å². The lowest BCUT2D eigenvalue weighted by Crippen LogP contribution is -2.12. The fourth-order valence-electron chi connectivity index (χ4n) is 1.93. The molecule has 22 heavy (non-hydrogen) atoms. The average molecular weight is 362 g/mol. The Hall–Kier alpha value is -1.74. The van der Waals surface area contributed by atoms with Crippen LogP contribution in [-0.4, -0.2) is 12.2 Å². The first-order chi connectivity index (χ1) is 10.3. The molecule has 2 N–H and O–H groups in total. The van der Waals surface area contributed by atoms with E-state index in [0.717, 1.165) is 15.7 Å². The molecule has 0 aliphatic carbocycles. The Balaban J connectivity index is 0.000000255. The molecule has 0 amide bonds. The summed E-state index contributed by atoms with van der Waals surface area (Å²) in [5, 5.41) is 12.6. The van der Waals surface area contributed by atoms with Gasteiger partial charge in [-0.1, -0.05) is 79.7 Å². The highest BCUT2D eigenvalue weighted by atomic mass is 79.9. The Labute approximate surface area is 142 Å². The summed E-state index contributed by atoms with van der Waals surface area (Å²) in [6, 6.07) is 13.7. The summed E-state index contributed by atoms with van der Waals surface area (Å²) in [7, 11) is 1.79. The summed E-state index contributed by atoms with van der Waals surface area (Å²) < 4.78 is 1.02. The third-order valence-corrected chi connectivity index (χ3v) is 3.85. The van der Waals surface area contributed by atoms with Gasteiger partial charge in [-0.25, -0.2) is 0 Å². The smallest absolute Gasteiger partial charge is 0.139 e. The molecule has 3 heteroatoms. The third kappa shape index (κ3) is 5.23. The van der Waals surface area contributed by atoms with Gasteiger partial charge in [0.1, 0.15) is 5.75 Å². The number of rotatable bonds is 2. The molecule has 0 spiro atoms. The lowest BCUT2D eigenvalue weighted by atomic mass is 9.87. The molecule has 0 aromatic heterocycles. The van der Waals surface area contributed by atoms with E-state index in [2.05, 4.69) is 48.6 Å². The Morgan fingerprint density at radius 2 is 1.73 bits per heavy atom. The van der Waals surface area contributed by atoms with Gasteiger partial charge < -0.3 is 10.4 Å². The summed E-state index contributed by atoms with van der Waals surface area (Å²) >= 11 is 3.51. The largest absolute Gasteiger partial charge is 0.506 e. The minimum absolute atomic E-state index is 0.0303. The first kappa shape index (κ1) is 18.3. The summed E-state index contributed by atoms with van der Waals surface area (Å²) in [6.45, 7) is 9.98. The minimum atomic E-state index is 0.0303. The number of hydrogen-bond donors (Lipinski definition) is 2. The molecule has 0 fully saturated rings. The summed E-state index contributed by atoms with van der Waals surface area (Å²) in [4.78, 5) is 0. The molecule has 0 aliphatic heterocycles. The number of aromatic hydroxyl groups is 1. The highest BCUT2D eigenvalue weighted by molar-refractivity contribution is 9.10. The van der Waals surface area contributed by atoms with Crippen LogP contribution in [0.15, 0.2) is 53.5 Å². The van der Waals surface area contributed by atoms with Crippen molar-refractivity contribution in [2.24, 2.45) is 0 Å². The summed E-state index contributed by atoms with van der Waals surface area (Å²) in [5.41, 5.74) is 3.05. The number of anilines is 1. The van der Waals surface area contributed by atoms with Gasteiger partial charge in [0, 0.05) is 11.5 Å². The molecule has 2 aromatic rings. The molecule has 2 aromatic carbocycles. The summed E-state index contributed by atoms with van der Waals surface area (Å²) in [6.07, 6.45) is 1.83. The van der Waals surface area contributed by atoms with Crippen LogP contribution in [0.5, 0.6) is 5.75 Å². The molecule has 0 saturated carbocycles. The van der Waals surface area contributed by atoms with Crippen molar-refractivity contribution in [2.45, 2.75) is 26.2 Å². The zero-order chi connectivity index (χ0) is 16.8. The van der Waals surface area contributed by atoms with Crippen molar-refractivity contribution in [2.75, 3.05) is 12.4 Å². The number of hydrogen-bond acceptors (Lipinski definition) is 2. The van der Waals surface area contributed by atoms with E-state index >= 15 is 0 Å². The number of phenolic OH excluding ortho intramolecular Hbond substituents is 1. The van der Waals surface area contributed by atoms with E-state index in [4.69, 9.17) is 0 Å². The van der Waals surface area contributed by atoms with E-state index in [0.29, 0.717) is 5.75 Å². The Kier molecular flexibility index (Phi) is 6.69. The van der Waals surface area contributed by atoms with Crippen molar-refractivity contribution in [3.63, 3.8) is 0 Å². The van der Waals surface area contributed by atoms with E-state index in [1.54, 1.807) is 13.1 Å². The van der Waals surface area contributed by atoms with Crippen LogP contribution in [0.25, 0.3) is 6.08 Å². The fraction of sp³-hybridized carbons (Fsp3) is 0.263. The Morgan fingerprint density at radius 3 is 2.14 bits per heavy atom. The monoisotopic (exact) mass is 361 g/mol. The molecule has 0 heterocycles. The molecule has 0 bridgehead atoms. The van der Waals surface area contributed by atoms with Crippen LogP contribution in [0.4, 0.5) is 5.69 Å². The van der Waals surface area contributed by atoms with Crippen molar-refractivity contribution in [1.29, 1.82) is 0 Å². The van der Waals surface area contributed by atoms with Crippen LogP contribution in [0.3, 0.4) is 0 Å². The van der Waals surface area contributed by atoms with E-state index in [1.165, 1.54) is 5.56 Å². The number of halogens is 1. The molecule has 2 nitrogen and oxygen atoms in total. The number of nitrogens with one attached hydrogen (secondary N) is 1. The van der Waals surface area contributed by atoms with E-state index < -0.39 is 0 Å². The van der Waals surface area contributed by atoms with Gasteiger partial charge in [0.25, 0.3) is 0 Å². The van der Waals surface area contributed by atoms with Crippen LogP contribution >= 0.6 is 15.9 Å². The predicted molar refractivity (Wildman–Crippen MR) is 101 cm³/mol. The summed E-state index contributed by atoms with van der Waals surface area (Å²) in [5.74, 6) is 0.292. The Bertz CT molecular complexity index is 615. The maximum absolute atomic E-state index is 9.70. The molecular formula is C19H24BrNO. The molecule has 118 valence electrons. The van der Waals surface area contributed by atoms with Crippen molar-refractivity contribution >= 4 is 27.7 Å². The van der Waals surface area contributed by atoms with Crippen LogP contribution < -0.4 is 5.32 Å². The molecule has 0 aliphatic rings. The SMILES string of the molecule is C=Cc1ccccc1.CNc1cc(Br)c(C(C)(C)C)cc1O. The van der Waals surface area contributed by atoms with Crippen molar-refractivity contribution < 1.29 is 5.11 Å². The Morgan fingerprint density at radius 1 is 1.14 bits per heavy atom. The van der Waals surface area contributed by atoms with Gasteiger partial charge in [0.15, 0.2) is 0 Å². The number of phenols is 1. The maximum Gasteiger partial charge on any atom is 0.139 e. The topological polar surface area (TPSA) is 32.3 Å². The molecule has 0 saturated heterocycles. The first-order valence-corrected chi connectivity index (χ1v) is 7.97. The molecule has 0 atom stereocenters. The zero-order valence-corrected chi connectivity index (χ0v) is 15.2. The van der Waals surface area contributed by atoms with E-state index in [-0.39, 0.29) is 5.41 Å². The van der Waals surface area contributed by atoms with Gasteiger partial charge in [-0.05, 0) is 28.7 Å². The van der Waals surface area contributed by atoms with Crippen LogP contribution in [0.1, 0.15) is 31.9 Å². The maximum atomic E-state index is 9.70. The van der Waals surface area contributed by atoms with Gasteiger partial charge in [0.05, 0.1) is 5.69 Å². The second-order valence-corrected chi connectivity index (χ2v) is 6.82. The second-order valence-electron chi connectivity index (χ2n) is 5.96. The second kappa shape index (κ2) is 8.04. The zero-order valence-electron chi connectivity index (χ0n) is 13.7. The van der Waals surface area contributed by atoms with Crippen LogP contribution in [0, 0.1) is 0 Å². The lowest BCUT2D eigenvalue weighted by Gasteiger charge is -2.22. The fourth-order valence-corrected chi connectivity index (χ4v) is 2.86.